The average Bonchev–Trinajstić information content (AvgIpc) is 2.82. The molecule has 0 amide bonds. The van der Waals surface area contributed by atoms with E-state index >= 15 is 0 Å². The highest BCUT2D eigenvalue weighted by atomic mass is 16.5. The van der Waals surface area contributed by atoms with Gasteiger partial charge in [-0.05, 0) is 18.2 Å². The van der Waals surface area contributed by atoms with E-state index in [9.17, 15) is 4.79 Å². The number of ether oxygens (including phenoxy) is 2. The summed E-state index contributed by atoms with van der Waals surface area (Å²) in [5.41, 5.74) is 3.01. The van der Waals surface area contributed by atoms with Crippen molar-refractivity contribution >= 4 is 16.7 Å². The van der Waals surface area contributed by atoms with Crippen LogP contribution in [0.3, 0.4) is 0 Å². The van der Waals surface area contributed by atoms with Gasteiger partial charge < -0.3 is 19.4 Å². The van der Waals surface area contributed by atoms with Crippen LogP contribution < -0.4 is 14.8 Å². The first kappa shape index (κ1) is 16.7. The Morgan fingerprint density at radius 3 is 2.69 bits per heavy atom. The fourth-order valence-corrected chi connectivity index (χ4v) is 3.66. The highest BCUT2D eigenvalue weighted by molar-refractivity contribution is 6.10. The molecule has 5 heteroatoms. The molecule has 0 saturated heterocycles. The van der Waals surface area contributed by atoms with Gasteiger partial charge in [0.05, 0.1) is 12.7 Å². The number of methoxy groups -OCH3 is 1. The second-order valence-electron chi connectivity index (χ2n) is 6.35. The number of hydrogen-bond donors (Lipinski definition) is 1. The number of para-hydroxylation sites is 3. The van der Waals surface area contributed by atoms with E-state index < -0.39 is 0 Å². The number of nitrogens with one attached hydrogen (secondary N) is 1. The summed E-state index contributed by atoms with van der Waals surface area (Å²) in [6.07, 6.45) is 0.838. The Morgan fingerprint density at radius 2 is 1.85 bits per heavy atom. The molecule has 0 aliphatic carbocycles. The van der Waals surface area contributed by atoms with E-state index in [0.29, 0.717) is 11.5 Å². The molecule has 0 fully saturated rings. The normalized spacial score (nSPS) is 13.9. The zero-order valence-electron chi connectivity index (χ0n) is 14.8. The standard InChI is InChI=1S/C21H22N2O3/c1-25-19-8-4-5-9-20(19)26-14-18(24)21-15-6-2-3-7-16(15)23-13-12-22-11-10-17(21)23/h2-9,22H,10-14H2,1H3. The van der Waals surface area contributed by atoms with Crippen molar-refractivity contribution in [2.45, 2.75) is 13.0 Å². The molecule has 1 N–H and O–H groups in total. The van der Waals surface area contributed by atoms with Crippen LogP contribution in [0.4, 0.5) is 0 Å². The maximum Gasteiger partial charge on any atom is 0.202 e. The summed E-state index contributed by atoms with van der Waals surface area (Å²) in [5, 5.41) is 4.42. The van der Waals surface area contributed by atoms with Crippen molar-refractivity contribution in [1.82, 2.24) is 9.88 Å². The van der Waals surface area contributed by atoms with Crippen LogP contribution >= 0.6 is 0 Å². The largest absolute Gasteiger partial charge is 0.493 e. The molecule has 4 rings (SSSR count). The molecule has 0 radical (unpaired) electrons. The van der Waals surface area contributed by atoms with Crippen LogP contribution in [0, 0.1) is 0 Å². The molecule has 2 aromatic carbocycles. The van der Waals surface area contributed by atoms with Crippen LogP contribution in [0.1, 0.15) is 16.1 Å². The number of ketones is 1. The number of hydrogen-bond acceptors (Lipinski definition) is 4. The summed E-state index contributed by atoms with van der Waals surface area (Å²) in [5.74, 6) is 1.22. The third kappa shape index (κ3) is 2.95. The summed E-state index contributed by atoms with van der Waals surface area (Å²) in [4.78, 5) is 13.1. The summed E-state index contributed by atoms with van der Waals surface area (Å²) in [7, 11) is 1.60. The van der Waals surface area contributed by atoms with Gasteiger partial charge >= 0.3 is 0 Å². The molecule has 0 saturated carbocycles. The zero-order chi connectivity index (χ0) is 17.9. The summed E-state index contributed by atoms with van der Waals surface area (Å²) >= 11 is 0. The number of benzene rings is 2. The lowest BCUT2D eigenvalue weighted by Gasteiger charge is -2.10. The van der Waals surface area contributed by atoms with E-state index in [-0.39, 0.29) is 12.4 Å². The molecule has 0 bridgehead atoms. The highest BCUT2D eigenvalue weighted by Crippen LogP contribution is 2.29. The molecule has 2 heterocycles. The first-order chi connectivity index (χ1) is 12.8. The Hall–Kier alpha value is -2.79. The fourth-order valence-electron chi connectivity index (χ4n) is 3.66. The third-order valence-corrected chi connectivity index (χ3v) is 4.84. The quantitative estimate of drug-likeness (QED) is 0.719. The van der Waals surface area contributed by atoms with Crippen molar-refractivity contribution in [1.29, 1.82) is 0 Å². The molecule has 1 aromatic heterocycles. The molecule has 134 valence electrons. The van der Waals surface area contributed by atoms with Gasteiger partial charge in [0.2, 0.25) is 5.78 Å². The average molecular weight is 350 g/mol. The Morgan fingerprint density at radius 1 is 1.08 bits per heavy atom. The fraction of sp³-hybridized carbons (Fsp3) is 0.286. The molecule has 26 heavy (non-hydrogen) atoms. The van der Waals surface area contributed by atoms with Gasteiger partial charge in [-0.3, -0.25) is 4.79 Å². The van der Waals surface area contributed by atoms with Gasteiger partial charge in [0, 0.05) is 42.7 Å². The number of Topliss-reactive ketones (excluding diaryl/α,β-unsaturated/α-hetero) is 1. The minimum absolute atomic E-state index is 0.00255. The van der Waals surface area contributed by atoms with Crippen molar-refractivity contribution in [3.8, 4) is 11.5 Å². The molecule has 3 aromatic rings. The van der Waals surface area contributed by atoms with Crippen molar-refractivity contribution < 1.29 is 14.3 Å². The number of carbonyl (C=O) groups excluding carboxylic acids is 1. The zero-order valence-corrected chi connectivity index (χ0v) is 14.8. The molecule has 1 aliphatic heterocycles. The Bertz CT molecular complexity index is 946. The lowest BCUT2D eigenvalue weighted by Crippen LogP contribution is -2.18. The molecular formula is C21H22N2O3. The predicted octanol–water partition coefficient (Wildman–Crippen LogP) is 3.06. The predicted molar refractivity (Wildman–Crippen MR) is 101 cm³/mol. The maximum absolute atomic E-state index is 13.1. The maximum atomic E-state index is 13.1. The Kier molecular flexibility index (Phi) is 4.63. The van der Waals surface area contributed by atoms with Gasteiger partial charge in [-0.2, -0.15) is 0 Å². The van der Waals surface area contributed by atoms with Gasteiger partial charge in [0.15, 0.2) is 18.1 Å². The highest BCUT2D eigenvalue weighted by Gasteiger charge is 2.23. The SMILES string of the molecule is COc1ccccc1OCC(=O)c1c2n(c3ccccc13)CCNCC2. The smallest absolute Gasteiger partial charge is 0.202 e. The van der Waals surface area contributed by atoms with Gasteiger partial charge in [-0.15, -0.1) is 0 Å². The van der Waals surface area contributed by atoms with Crippen molar-refractivity contribution in [3.05, 3.63) is 59.8 Å². The van der Waals surface area contributed by atoms with E-state index in [4.69, 9.17) is 9.47 Å². The van der Waals surface area contributed by atoms with Gasteiger partial charge in [-0.25, -0.2) is 0 Å². The van der Waals surface area contributed by atoms with E-state index in [1.54, 1.807) is 7.11 Å². The molecule has 0 spiro atoms. The number of nitrogens with zero attached hydrogens (tertiary/aromatic N) is 1. The monoisotopic (exact) mass is 350 g/mol. The van der Waals surface area contributed by atoms with Crippen molar-refractivity contribution in [3.63, 3.8) is 0 Å². The van der Waals surface area contributed by atoms with Crippen LogP contribution in [0.25, 0.3) is 10.9 Å². The van der Waals surface area contributed by atoms with Crippen molar-refractivity contribution in [2.75, 3.05) is 26.8 Å². The second-order valence-corrected chi connectivity index (χ2v) is 6.35. The lowest BCUT2D eigenvalue weighted by molar-refractivity contribution is 0.0920. The molecule has 5 nitrogen and oxygen atoms in total. The van der Waals surface area contributed by atoms with Crippen molar-refractivity contribution in [2.24, 2.45) is 0 Å². The first-order valence-electron chi connectivity index (χ1n) is 8.89. The molecule has 0 unspecified atom stereocenters. The lowest BCUT2D eigenvalue weighted by atomic mass is 10.1. The Balaban J connectivity index is 1.67. The number of rotatable bonds is 5. The molecule has 1 aliphatic rings. The van der Waals surface area contributed by atoms with Crippen LogP contribution in [-0.2, 0) is 13.0 Å². The van der Waals surface area contributed by atoms with Crippen LogP contribution in [0.2, 0.25) is 0 Å². The Labute approximate surface area is 152 Å². The van der Waals surface area contributed by atoms with E-state index in [1.807, 2.05) is 42.5 Å². The minimum atomic E-state index is -0.00515. The number of fused-ring (bicyclic) bond motifs is 3. The molecule has 0 atom stereocenters. The first-order valence-corrected chi connectivity index (χ1v) is 8.89. The number of aromatic nitrogens is 1. The third-order valence-electron chi connectivity index (χ3n) is 4.84. The van der Waals surface area contributed by atoms with Gasteiger partial charge in [-0.1, -0.05) is 30.3 Å². The summed E-state index contributed by atoms with van der Waals surface area (Å²) in [6.45, 7) is 2.66. The number of carbonyl (C=O) groups is 1. The summed E-state index contributed by atoms with van der Waals surface area (Å²) < 4.78 is 13.4. The van der Waals surface area contributed by atoms with Crippen LogP contribution in [0.5, 0.6) is 11.5 Å². The van der Waals surface area contributed by atoms with E-state index in [1.165, 1.54) is 0 Å². The second kappa shape index (κ2) is 7.22. The topological polar surface area (TPSA) is 52.5 Å². The van der Waals surface area contributed by atoms with E-state index in [2.05, 4.69) is 16.0 Å². The van der Waals surface area contributed by atoms with E-state index in [0.717, 1.165) is 48.2 Å². The molecular weight excluding hydrogens is 328 g/mol. The van der Waals surface area contributed by atoms with Crippen LogP contribution in [-0.4, -0.2) is 37.2 Å². The minimum Gasteiger partial charge on any atom is -0.493 e. The van der Waals surface area contributed by atoms with Gasteiger partial charge in [0.25, 0.3) is 0 Å². The van der Waals surface area contributed by atoms with Gasteiger partial charge in [0.1, 0.15) is 0 Å². The summed E-state index contributed by atoms with van der Waals surface area (Å²) in [6, 6.07) is 15.5. The van der Waals surface area contributed by atoms with Crippen LogP contribution in [0.15, 0.2) is 48.5 Å².